The van der Waals surface area contributed by atoms with Gasteiger partial charge in [0.15, 0.2) is 0 Å². The van der Waals surface area contributed by atoms with E-state index in [0.717, 1.165) is 56.4 Å². The number of thiophene rings is 2. The molecule has 0 fully saturated rings. The molecular formula is C23H19N3O3S3. The Hall–Kier alpha value is -2.88. The molecule has 32 heavy (non-hydrogen) atoms. The number of nitrogens with one attached hydrogen (secondary N) is 1. The summed E-state index contributed by atoms with van der Waals surface area (Å²) >= 11 is 4.33. The van der Waals surface area contributed by atoms with Gasteiger partial charge in [-0.3, -0.25) is 14.9 Å². The first-order chi connectivity index (χ1) is 15.5. The van der Waals surface area contributed by atoms with E-state index in [2.05, 4.69) is 18.3 Å². The first-order valence-corrected chi connectivity index (χ1v) is 12.7. The van der Waals surface area contributed by atoms with Crippen LogP contribution in [0.5, 0.6) is 0 Å². The second kappa shape index (κ2) is 8.57. The number of nitro groups is 1. The lowest BCUT2D eigenvalue weighted by Crippen LogP contribution is -2.09. The van der Waals surface area contributed by atoms with Gasteiger partial charge in [-0.15, -0.1) is 22.7 Å². The molecule has 0 radical (unpaired) electrons. The van der Waals surface area contributed by atoms with Gasteiger partial charge in [-0.05, 0) is 55.0 Å². The summed E-state index contributed by atoms with van der Waals surface area (Å²) < 4.78 is 1.13. The molecule has 3 heterocycles. The Morgan fingerprint density at radius 2 is 2.06 bits per heavy atom. The fourth-order valence-corrected chi connectivity index (χ4v) is 7.13. The van der Waals surface area contributed by atoms with Crippen molar-refractivity contribution in [1.29, 1.82) is 0 Å². The highest BCUT2D eigenvalue weighted by Gasteiger charge is 2.27. The van der Waals surface area contributed by atoms with Gasteiger partial charge in [0, 0.05) is 27.5 Å². The number of para-hydroxylation sites is 1. The maximum absolute atomic E-state index is 12.7. The topological polar surface area (TPSA) is 85.1 Å². The maximum Gasteiger partial charge on any atom is 0.324 e. The van der Waals surface area contributed by atoms with E-state index in [1.165, 1.54) is 22.6 Å². The molecule has 1 aliphatic carbocycles. The third kappa shape index (κ3) is 4.11. The summed E-state index contributed by atoms with van der Waals surface area (Å²) in [6.07, 6.45) is 6.18. The van der Waals surface area contributed by atoms with Crippen LogP contribution in [0.4, 0.5) is 10.0 Å². The van der Waals surface area contributed by atoms with Crippen LogP contribution in [0.1, 0.15) is 28.7 Å². The van der Waals surface area contributed by atoms with E-state index < -0.39 is 4.92 Å². The highest BCUT2D eigenvalue weighted by Crippen LogP contribution is 2.47. The van der Waals surface area contributed by atoms with Gasteiger partial charge in [0.05, 0.1) is 15.1 Å². The number of benzene rings is 1. The Morgan fingerprint density at radius 3 is 2.84 bits per heavy atom. The molecule has 5 rings (SSSR count). The second-order valence-corrected chi connectivity index (χ2v) is 11.0. The molecule has 0 saturated heterocycles. The average Bonchev–Trinajstić information content (AvgIpc) is 3.48. The van der Waals surface area contributed by atoms with Gasteiger partial charge in [0.1, 0.15) is 10.0 Å². The van der Waals surface area contributed by atoms with Crippen LogP contribution in [0.25, 0.3) is 26.9 Å². The minimum absolute atomic E-state index is 0.0585. The molecule has 1 amide bonds. The molecule has 0 spiro atoms. The molecule has 6 nitrogen and oxygen atoms in total. The number of hydrogen-bond donors (Lipinski definition) is 1. The molecular weight excluding hydrogens is 462 g/mol. The summed E-state index contributed by atoms with van der Waals surface area (Å²) in [7, 11) is 0. The van der Waals surface area contributed by atoms with Crippen LogP contribution in [0.15, 0.2) is 42.5 Å². The summed E-state index contributed by atoms with van der Waals surface area (Å²) in [5, 5.41) is 15.7. The molecule has 1 N–H and O–H groups in total. The van der Waals surface area contributed by atoms with Crippen molar-refractivity contribution >= 4 is 66.2 Å². The van der Waals surface area contributed by atoms with Gasteiger partial charge in [-0.2, -0.15) is 0 Å². The molecule has 3 aromatic heterocycles. The highest BCUT2D eigenvalue weighted by molar-refractivity contribution is 7.23. The Bertz CT molecular complexity index is 1330. The third-order valence-electron chi connectivity index (χ3n) is 5.45. The third-order valence-corrected chi connectivity index (χ3v) is 8.67. The largest absolute Gasteiger partial charge is 0.324 e. The van der Waals surface area contributed by atoms with E-state index in [1.54, 1.807) is 34.8 Å². The van der Waals surface area contributed by atoms with Crippen molar-refractivity contribution < 1.29 is 9.72 Å². The molecule has 4 aromatic rings. The first kappa shape index (κ1) is 21.0. The average molecular weight is 482 g/mol. The molecule has 0 saturated carbocycles. The number of carbonyl (C=O) groups is 1. The lowest BCUT2D eigenvalue weighted by molar-refractivity contribution is -0.380. The normalized spacial score (nSPS) is 15.8. The fraction of sp³-hybridized carbons (Fsp3) is 0.217. The summed E-state index contributed by atoms with van der Waals surface area (Å²) in [6, 6.07) is 11.2. The number of carbonyl (C=O) groups excluding carboxylic acids is 1. The van der Waals surface area contributed by atoms with E-state index in [4.69, 9.17) is 4.98 Å². The van der Waals surface area contributed by atoms with Crippen LogP contribution in [-0.2, 0) is 17.6 Å². The van der Waals surface area contributed by atoms with Crippen molar-refractivity contribution in [2.24, 2.45) is 5.92 Å². The van der Waals surface area contributed by atoms with Crippen molar-refractivity contribution in [2.45, 2.75) is 26.2 Å². The number of anilines is 1. The van der Waals surface area contributed by atoms with Gasteiger partial charge < -0.3 is 5.32 Å². The van der Waals surface area contributed by atoms with Crippen LogP contribution < -0.4 is 5.32 Å². The van der Waals surface area contributed by atoms with Gasteiger partial charge in [-0.25, -0.2) is 4.98 Å². The van der Waals surface area contributed by atoms with Crippen molar-refractivity contribution in [3.8, 4) is 10.6 Å². The van der Waals surface area contributed by atoms with Crippen molar-refractivity contribution in [3.05, 3.63) is 67.9 Å². The minimum Gasteiger partial charge on any atom is -0.313 e. The van der Waals surface area contributed by atoms with Crippen LogP contribution in [-0.4, -0.2) is 15.8 Å². The predicted molar refractivity (Wildman–Crippen MR) is 133 cm³/mol. The van der Waals surface area contributed by atoms with Crippen molar-refractivity contribution in [3.63, 3.8) is 0 Å². The van der Waals surface area contributed by atoms with Gasteiger partial charge >= 0.3 is 5.00 Å². The molecule has 0 aliphatic heterocycles. The Labute approximate surface area is 196 Å². The zero-order valence-corrected chi connectivity index (χ0v) is 19.6. The van der Waals surface area contributed by atoms with Crippen LogP contribution in [0.3, 0.4) is 0 Å². The summed E-state index contributed by atoms with van der Waals surface area (Å²) in [5.41, 5.74) is 3.32. The zero-order chi connectivity index (χ0) is 22.2. The highest BCUT2D eigenvalue weighted by atomic mass is 32.1. The van der Waals surface area contributed by atoms with Gasteiger partial charge in [0.25, 0.3) is 0 Å². The Kier molecular flexibility index (Phi) is 5.62. The Morgan fingerprint density at radius 1 is 1.22 bits per heavy atom. The second-order valence-electron chi connectivity index (χ2n) is 7.80. The summed E-state index contributed by atoms with van der Waals surface area (Å²) in [4.78, 5) is 30.0. The molecule has 9 heteroatoms. The SMILES string of the molecule is CC1CCc2c(sc(NC(=O)C=Cc3ccc([N+](=O)[O-])s3)c2-c2nc3ccccc3s2)C1. The fourth-order valence-electron chi connectivity index (χ4n) is 3.89. The number of thiazole rings is 1. The summed E-state index contributed by atoms with van der Waals surface area (Å²) in [6.45, 7) is 2.27. The quantitative estimate of drug-likeness (QED) is 0.194. The molecule has 162 valence electrons. The van der Waals surface area contributed by atoms with Crippen molar-refractivity contribution in [1.82, 2.24) is 4.98 Å². The lowest BCUT2D eigenvalue weighted by atomic mass is 9.88. The number of aromatic nitrogens is 1. The number of nitrogens with zero attached hydrogens (tertiary/aromatic N) is 2. The minimum atomic E-state index is -0.427. The number of fused-ring (bicyclic) bond motifs is 2. The number of hydrogen-bond acceptors (Lipinski definition) is 7. The molecule has 1 unspecified atom stereocenters. The smallest absolute Gasteiger partial charge is 0.313 e. The van der Waals surface area contributed by atoms with E-state index >= 15 is 0 Å². The molecule has 1 aliphatic rings. The first-order valence-electron chi connectivity index (χ1n) is 10.2. The van der Waals surface area contributed by atoms with Crippen LogP contribution in [0, 0.1) is 16.0 Å². The van der Waals surface area contributed by atoms with Crippen molar-refractivity contribution in [2.75, 3.05) is 5.32 Å². The Balaban J connectivity index is 1.47. The molecule has 1 aromatic carbocycles. The predicted octanol–water partition coefficient (Wildman–Crippen LogP) is 6.77. The van der Waals surface area contributed by atoms with E-state index in [0.29, 0.717) is 10.8 Å². The molecule has 0 bridgehead atoms. The maximum atomic E-state index is 12.7. The zero-order valence-electron chi connectivity index (χ0n) is 17.2. The number of rotatable bonds is 5. The lowest BCUT2D eigenvalue weighted by Gasteiger charge is -2.18. The van der Waals surface area contributed by atoms with Gasteiger partial charge in [0.2, 0.25) is 5.91 Å². The van der Waals surface area contributed by atoms with E-state index in [-0.39, 0.29) is 10.9 Å². The van der Waals surface area contributed by atoms with E-state index in [1.807, 2.05) is 18.2 Å². The number of amides is 1. The molecule has 1 atom stereocenters. The summed E-state index contributed by atoms with van der Waals surface area (Å²) in [5.74, 6) is 0.373. The van der Waals surface area contributed by atoms with Crippen LogP contribution >= 0.6 is 34.0 Å². The van der Waals surface area contributed by atoms with Gasteiger partial charge in [-0.1, -0.05) is 30.4 Å². The monoisotopic (exact) mass is 481 g/mol. The van der Waals surface area contributed by atoms with E-state index in [9.17, 15) is 14.9 Å². The van der Waals surface area contributed by atoms with Crippen LogP contribution in [0.2, 0.25) is 0 Å². The standard InChI is InChI=1S/C23H19N3O3S3/c1-13-6-9-15-18(12-13)32-23(21(15)22-24-16-4-2-3-5-17(16)31-22)25-19(27)10-7-14-8-11-20(30-14)26(28)29/h2-5,7-8,10-11,13H,6,9,12H2,1H3,(H,25,27).